The molecular formula is C5H8N2. The lowest BCUT2D eigenvalue weighted by Gasteiger charge is -2.04. The summed E-state index contributed by atoms with van der Waals surface area (Å²) in [5, 5.41) is 10.1. The lowest BCUT2D eigenvalue weighted by Crippen LogP contribution is -2.15. The van der Waals surface area contributed by atoms with Gasteiger partial charge in [0.2, 0.25) is 0 Å². The average molecular weight is 96.1 g/mol. The van der Waals surface area contributed by atoms with E-state index in [1.165, 1.54) is 0 Å². The van der Waals surface area contributed by atoms with Gasteiger partial charge < -0.3 is 10.7 Å². The van der Waals surface area contributed by atoms with E-state index in [2.05, 4.69) is 5.32 Å². The van der Waals surface area contributed by atoms with Gasteiger partial charge in [0.25, 0.3) is 0 Å². The van der Waals surface area contributed by atoms with Crippen molar-refractivity contribution in [2.24, 2.45) is 0 Å². The van der Waals surface area contributed by atoms with E-state index in [4.69, 9.17) is 5.41 Å². The molecule has 0 radical (unpaired) electrons. The van der Waals surface area contributed by atoms with Crippen LogP contribution in [0.1, 0.15) is 6.42 Å². The summed E-state index contributed by atoms with van der Waals surface area (Å²) in [6, 6.07) is 0. The van der Waals surface area contributed by atoms with Crippen LogP contribution in [0.4, 0.5) is 0 Å². The Labute approximate surface area is 42.7 Å². The summed E-state index contributed by atoms with van der Waals surface area (Å²) in [6.07, 6.45) is 4.46. The Kier molecular flexibility index (Phi) is 1.11. The molecular weight excluding hydrogens is 88.1 g/mol. The number of allylic oxidation sites excluding steroid dienone is 1. The molecule has 0 saturated heterocycles. The molecule has 7 heavy (non-hydrogen) atoms. The molecule has 0 saturated carbocycles. The van der Waals surface area contributed by atoms with Crippen molar-refractivity contribution in [3.8, 4) is 0 Å². The Morgan fingerprint density at radius 1 is 1.71 bits per heavy atom. The highest BCUT2D eigenvalue weighted by atomic mass is 14.8. The molecule has 2 N–H and O–H groups in total. The molecule has 0 atom stereocenters. The fourth-order valence-corrected chi connectivity index (χ4v) is 0.533. The average Bonchev–Trinajstić information content (AvgIpc) is 1.69. The first kappa shape index (κ1) is 4.37. The minimum atomic E-state index is 0.721. The van der Waals surface area contributed by atoms with E-state index in [0.717, 1.165) is 18.7 Å². The Balaban J connectivity index is 2.51. The van der Waals surface area contributed by atoms with Crippen LogP contribution in [0.5, 0.6) is 0 Å². The third-order valence-electron chi connectivity index (χ3n) is 0.941. The van der Waals surface area contributed by atoms with Gasteiger partial charge >= 0.3 is 0 Å². The molecule has 0 amide bonds. The molecule has 0 aromatic rings. The highest BCUT2D eigenvalue weighted by molar-refractivity contribution is 5.92. The SMILES string of the molecule is N=C1C=CNCC1. The zero-order valence-electron chi connectivity index (χ0n) is 4.07. The van der Waals surface area contributed by atoms with Crippen LogP contribution in [0.2, 0.25) is 0 Å². The smallest absolute Gasteiger partial charge is 0.0345 e. The zero-order chi connectivity index (χ0) is 5.11. The van der Waals surface area contributed by atoms with Gasteiger partial charge in [-0.3, -0.25) is 0 Å². The van der Waals surface area contributed by atoms with Crippen molar-refractivity contribution in [3.05, 3.63) is 12.3 Å². The van der Waals surface area contributed by atoms with Crippen molar-refractivity contribution in [3.63, 3.8) is 0 Å². The minimum absolute atomic E-state index is 0.721. The van der Waals surface area contributed by atoms with E-state index in [-0.39, 0.29) is 0 Å². The van der Waals surface area contributed by atoms with Crippen LogP contribution in [0.25, 0.3) is 0 Å². The summed E-state index contributed by atoms with van der Waals surface area (Å²) < 4.78 is 0. The summed E-state index contributed by atoms with van der Waals surface area (Å²) in [5.41, 5.74) is 0.721. The van der Waals surface area contributed by atoms with Gasteiger partial charge in [0.15, 0.2) is 0 Å². The topological polar surface area (TPSA) is 35.9 Å². The monoisotopic (exact) mass is 96.1 g/mol. The van der Waals surface area contributed by atoms with Gasteiger partial charge in [0.05, 0.1) is 0 Å². The lowest BCUT2D eigenvalue weighted by molar-refractivity contribution is 0.853. The van der Waals surface area contributed by atoms with Gasteiger partial charge in [-0.15, -0.1) is 0 Å². The Morgan fingerprint density at radius 2 is 2.57 bits per heavy atom. The van der Waals surface area contributed by atoms with E-state index in [1.54, 1.807) is 6.08 Å². The Hall–Kier alpha value is -0.790. The van der Waals surface area contributed by atoms with Crippen molar-refractivity contribution < 1.29 is 0 Å². The molecule has 1 aliphatic heterocycles. The first-order valence-corrected chi connectivity index (χ1v) is 2.37. The second kappa shape index (κ2) is 1.78. The summed E-state index contributed by atoms with van der Waals surface area (Å²) >= 11 is 0. The normalized spacial score (nSPS) is 19.1. The molecule has 0 aromatic carbocycles. The van der Waals surface area contributed by atoms with Crippen LogP contribution in [0, 0.1) is 5.41 Å². The van der Waals surface area contributed by atoms with Crippen LogP contribution in [0.3, 0.4) is 0 Å². The van der Waals surface area contributed by atoms with Crippen molar-refractivity contribution in [1.82, 2.24) is 5.32 Å². The molecule has 1 rings (SSSR count). The van der Waals surface area contributed by atoms with Gasteiger partial charge in [-0.1, -0.05) is 0 Å². The second-order valence-electron chi connectivity index (χ2n) is 1.56. The van der Waals surface area contributed by atoms with Gasteiger partial charge in [-0.25, -0.2) is 0 Å². The molecule has 1 heterocycles. The summed E-state index contributed by atoms with van der Waals surface area (Å²) in [5.74, 6) is 0. The molecule has 0 aromatic heterocycles. The molecule has 0 spiro atoms. The highest BCUT2D eigenvalue weighted by Crippen LogP contribution is 1.88. The van der Waals surface area contributed by atoms with Crippen LogP contribution in [0.15, 0.2) is 12.3 Å². The van der Waals surface area contributed by atoms with Gasteiger partial charge in [-0.2, -0.15) is 0 Å². The van der Waals surface area contributed by atoms with Crippen molar-refractivity contribution in [2.45, 2.75) is 6.42 Å². The third kappa shape index (κ3) is 1.03. The van der Waals surface area contributed by atoms with E-state index >= 15 is 0 Å². The molecule has 0 unspecified atom stereocenters. The molecule has 38 valence electrons. The number of hydrogen-bond donors (Lipinski definition) is 2. The largest absolute Gasteiger partial charge is 0.390 e. The van der Waals surface area contributed by atoms with Gasteiger partial charge in [0.1, 0.15) is 0 Å². The highest BCUT2D eigenvalue weighted by Gasteiger charge is 1.93. The molecule has 0 aliphatic carbocycles. The quantitative estimate of drug-likeness (QED) is 0.453. The molecule has 2 heteroatoms. The van der Waals surface area contributed by atoms with Crippen LogP contribution in [-0.4, -0.2) is 12.3 Å². The van der Waals surface area contributed by atoms with Gasteiger partial charge in [0, 0.05) is 18.7 Å². The van der Waals surface area contributed by atoms with E-state index in [1.807, 2.05) is 6.20 Å². The predicted molar refractivity (Wildman–Crippen MR) is 29.5 cm³/mol. The molecule has 1 aliphatic rings. The number of rotatable bonds is 0. The Bertz CT molecular complexity index is 105. The zero-order valence-corrected chi connectivity index (χ0v) is 4.07. The lowest BCUT2D eigenvalue weighted by atomic mass is 10.2. The number of hydrogen-bond acceptors (Lipinski definition) is 2. The van der Waals surface area contributed by atoms with E-state index in [0.29, 0.717) is 0 Å². The summed E-state index contributed by atoms with van der Waals surface area (Å²) in [7, 11) is 0. The Morgan fingerprint density at radius 3 is 2.86 bits per heavy atom. The predicted octanol–water partition coefficient (Wildman–Crippen LogP) is 0.513. The second-order valence-corrected chi connectivity index (χ2v) is 1.56. The maximum Gasteiger partial charge on any atom is 0.0345 e. The maximum absolute atomic E-state index is 7.06. The fraction of sp³-hybridized carbons (Fsp3) is 0.400. The summed E-state index contributed by atoms with van der Waals surface area (Å²) in [4.78, 5) is 0. The number of nitrogens with one attached hydrogen (secondary N) is 2. The first-order chi connectivity index (χ1) is 3.39. The molecule has 0 fully saturated rings. The van der Waals surface area contributed by atoms with Crippen molar-refractivity contribution >= 4 is 5.71 Å². The molecule has 2 nitrogen and oxygen atoms in total. The standard InChI is InChI=1S/C5H8N2/c6-5-1-3-7-4-2-5/h1,3,6-7H,2,4H2. The first-order valence-electron chi connectivity index (χ1n) is 2.37. The van der Waals surface area contributed by atoms with E-state index in [9.17, 15) is 0 Å². The van der Waals surface area contributed by atoms with Crippen molar-refractivity contribution in [2.75, 3.05) is 6.54 Å². The van der Waals surface area contributed by atoms with Crippen LogP contribution < -0.4 is 5.32 Å². The van der Waals surface area contributed by atoms with Crippen LogP contribution >= 0.6 is 0 Å². The summed E-state index contributed by atoms with van der Waals surface area (Å²) in [6.45, 7) is 0.926. The third-order valence-corrected chi connectivity index (χ3v) is 0.941. The van der Waals surface area contributed by atoms with Gasteiger partial charge in [-0.05, 0) is 12.3 Å². The fourth-order valence-electron chi connectivity index (χ4n) is 0.533. The van der Waals surface area contributed by atoms with E-state index < -0.39 is 0 Å². The van der Waals surface area contributed by atoms with Crippen molar-refractivity contribution in [1.29, 1.82) is 5.41 Å². The minimum Gasteiger partial charge on any atom is -0.390 e. The maximum atomic E-state index is 7.06. The molecule has 0 bridgehead atoms. The van der Waals surface area contributed by atoms with Crippen LogP contribution in [-0.2, 0) is 0 Å².